The van der Waals surface area contributed by atoms with Gasteiger partial charge in [0, 0.05) is 19.3 Å². The summed E-state index contributed by atoms with van der Waals surface area (Å²) in [5.74, 6) is -1.99. The van der Waals surface area contributed by atoms with E-state index < -0.39 is 31.5 Å². The van der Waals surface area contributed by atoms with E-state index in [2.05, 4.69) is 5.09 Å². The third-order valence-corrected chi connectivity index (χ3v) is 9.56. The molecule has 0 bridgehead atoms. The summed E-state index contributed by atoms with van der Waals surface area (Å²) in [6.45, 7) is 2.36. The zero-order valence-electron chi connectivity index (χ0n) is 22.7. The minimum absolute atomic E-state index is 0.104. The molecule has 2 aliphatic heterocycles. The standard InChI is InChI=1S/C29H36N3O7P/c1-21(26(33)31-18-11-16-25(31)29(36)37)30-40(38,39-20-22-12-5-4-6-13-22)19-10-3-2-9-17-32-27(34)23-14-7-8-15-24(23)28(32)35/h4-8,12-15,21,25H,2-3,9-11,16-20H2,1H3,(H,30,38)(H,36,37)/t21-,25-,40?/m0/s1. The number of nitrogens with one attached hydrogen (secondary N) is 1. The van der Waals surface area contributed by atoms with Gasteiger partial charge in [-0.05, 0) is 50.3 Å². The zero-order valence-corrected chi connectivity index (χ0v) is 23.6. The summed E-state index contributed by atoms with van der Waals surface area (Å²) in [6.07, 6.45) is 3.77. The van der Waals surface area contributed by atoms with E-state index in [4.69, 9.17) is 4.52 Å². The Morgan fingerprint density at radius 2 is 1.62 bits per heavy atom. The van der Waals surface area contributed by atoms with E-state index in [1.807, 2.05) is 30.3 Å². The fourth-order valence-electron chi connectivity index (χ4n) is 5.19. The van der Waals surface area contributed by atoms with Gasteiger partial charge in [0.05, 0.1) is 23.8 Å². The summed E-state index contributed by atoms with van der Waals surface area (Å²) in [5, 5.41) is 12.4. The highest BCUT2D eigenvalue weighted by atomic mass is 31.2. The van der Waals surface area contributed by atoms with E-state index in [0.717, 1.165) is 5.56 Å². The molecule has 40 heavy (non-hydrogen) atoms. The molecule has 2 heterocycles. The van der Waals surface area contributed by atoms with Crippen LogP contribution in [0.15, 0.2) is 54.6 Å². The van der Waals surface area contributed by atoms with E-state index in [1.54, 1.807) is 31.2 Å². The van der Waals surface area contributed by atoms with Crippen molar-refractivity contribution in [1.29, 1.82) is 0 Å². The molecule has 4 rings (SSSR count). The summed E-state index contributed by atoms with van der Waals surface area (Å²) < 4.78 is 19.8. The third-order valence-electron chi connectivity index (χ3n) is 7.33. The number of hydrogen-bond acceptors (Lipinski definition) is 6. The van der Waals surface area contributed by atoms with E-state index >= 15 is 0 Å². The van der Waals surface area contributed by atoms with Gasteiger partial charge in [0.1, 0.15) is 6.04 Å². The van der Waals surface area contributed by atoms with Gasteiger partial charge in [-0.15, -0.1) is 0 Å². The summed E-state index contributed by atoms with van der Waals surface area (Å²) >= 11 is 0. The lowest BCUT2D eigenvalue weighted by Crippen LogP contribution is -2.48. The number of carbonyl (C=O) groups is 4. The number of nitrogens with zero attached hydrogens (tertiary/aromatic N) is 2. The summed E-state index contributed by atoms with van der Waals surface area (Å²) in [6, 6.07) is 14.4. The largest absolute Gasteiger partial charge is 0.480 e. The molecule has 10 nitrogen and oxygen atoms in total. The highest BCUT2D eigenvalue weighted by molar-refractivity contribution is 7.56. The van der Waals surface area contributed by atoms with Crippen LogP contribution >= 0.6 is 7.52 Å². The molecule has 1 fully saturated rings. The Morgan fingerprint density at radius 1 is 1.00 bits per heavy atom. The molecule has 2 aromatic carbocycles. The van der Waals surface area contributed by atoms with Crippen molar-refractivity contribution in [3.63, 3.8) is 0 Å². The molecule has 2 aromatic rings. The molecular formula is C29H36N3O7P. The van der Waals surface area contributed by atoms with Gasteiger partial charge in [-0.25, -0.2) is 9.88 Å². The lowest BCUT2D eigenvalue weighted by Gasteiger charge is -2.28. The summed E-state index contributed by atoms with van der Waals surface area (Å²) in [4.78, 5) is 52.3. The number of carboxylic acid groups (broad SMARTS) is 1. The SMILES string of the molecule is C[C@H](NP(=O)(CCCCCCN1C(=O)c2ccccc2C1=O)OCc1ccccc1)C(=O)N1CCC[C@H]1C(=O)O. The van der Waals surface area contributed by atoms with Gasteiger partial charge >= 0.3 is 5.97 Å². The number of fused-ring (bicyclic) bond motifs is 1. The minimum Gasteiger partial charge on any atom is -0.480 e. The Hall–Kier alpha value is -3.33. The first-order chi connectivity index (χ1) is 19.2. The predicted molar refractivity (Wildman–Crippen MR) is 149 cm³/mol. The topological polar surface area (TPSA) is 133 Å². The van der Waals surface area contributed by atoms with Crippen LogP contribution in [0.1, 0.15) is 71.7 Å². The lowest BCUT2D eigenvalue weighted by molar-refractivity contribution is -0.148. The summed E-state index contributed by atoms with van der Waals surface area (Å²) in [7, 11) is -3.47. The molecule has 0 aromatic heterocycles. The van der Waals surface area contributed by atoms with Crippen LogP contribution in [0.4, 0.5) is 0 Å². The first-order valence-corrected chi connectivity index (χ1v) is 15.5. The van der Waals surface area contributed by atoms with Crippen LogP contribution in [0, 0.1) is 0 Å². The van der Waals surface area contributed by atoms with Crippen molar-refractivity contribution in [3.8, 4) is 0 Å². The van der Waals surface area contributed by atoms with Crippen LogP contribution < -0.4 is 5.09 Å². The number of rotatable bonds is 14. The Bertz CT molecular complexity index is 1250. The number of likely N-dealkylation sites (tertiary alicyclic amines) is 1. The Labute approximate surface area is 234 Å². The molecule has 3 atom stereocenters. The van der Waals surface area contributed by atoms with E-state index in [-0.39, 0.29) is 24.6 Å². The smallest absolute Gasteiger partial charge is 0.326 e. The quantitative estimate of drug-likeness (QED) is 0.195. The molecule has 0 spiro atoms. The van der Waals surface area contributed by atoms with Gasteiger partial charge in [-0.2, -0.15) is 0 Å². The monoisotopic (exact) mass is 569 g/mol. The van der Waals surface area contributed by atoms with E-state index in [1.165, 1.54) is 9.80 Å². The Kier molecular flexibility index (Phi) is 9.90. The normalized spacial score (nSPS) is 19.0. The maximum Gasteiger partial charge on any atom is 0.326 e. The minimum atomic E-state index is -3.47. The number of amides is 3. The Morgan fingerprint density at radius 3 is 2.27 bits per heavy atom. The maximum atomic E-state index is 13.9. The first-order valence-electron chi connectivity index (χ1n) is 13.7. The van der Waals surface area contributed by atoms with Crippen LogP contribution in [0.5, 0.6) is 0 Å². The third kappa shape index (κ3) is 7.05. The van der Waals surface area contributed by atoms with Crippen LogP contribution in [0.2, 0.25) is 0 Å². The molecule has 0 saturated carbocycles. The van der Waals surface area contributed by atoms with Crippen LogP contribution in [-0.2, 0) is 25.3 Å². The molecule has 0 radical (unpaired) electrons. The molecule has 1 saturated heterocycles. The fraction of sp³-hybridized carbons (Fsp3) is 0.448. The van der Waals surface area contributed by atoms with Gasteiger partial charge in [0.25, 0.3) is 19.3 Å². The average Bonchev–Trinajstić information content (AvgIpc) is 3.54. The molecule has 214 valence electrons. The summed E-state index contributed by atoms with van der Waals surface area (Å²) in [5.41, 5.74) is 1.71. The van der Waals surface area contributed by atoms with Crippen molar-refractivity contribution >= 4 is 31.2 Å². The van der Waals surface area contributed by atoms with Gasteiger partial charge < -0.3 is 14.5 Å². The number of unbranched alkanes of at least 4 members (excludes halogenated alkanes) is 3. The number of carboxylic acids is 1. The van der Waals surface area contributed by atoms with Crippen molar-refractivity contribution < 1.29 is 33.4 Å². The van der Waals surface area contributed by atoms with Crippen molar-refractivity contribution in [3.05, 3.63) is 71.3 Å². The number of carbonyl (C=O) groups excluding carboxylic acids is 3. The number of aliphatic carboxylic acids is 1. The molecule has 0 aliphatic carbocycles. The fourth-order valence-corrected chi connectivity index (χ4v) is 7.22. The second-order valence-corrected chi connectivity index (χ2v) is 12.6. The van der Waals surface area contributed by atoms with Crippen LogP contribution in [0.3, 0.4) is 0 Å². The van der Waals surface area contributed by atoms with Gasteiger partial charge in [-0.1, -0.05) is 55.3 Å². The number of imide groups is 1. The molecule has 3 amide bonds. The second-order valence-electron chi connectivity index (χ2n) is 10.3. The molecule has 1 unspecified atom stereocenters. The van der Waals surface area contributed by atoms with Gasteiger partial charge in [-0.3, -0.25) is 23.8 Å². The van der Waals surface area contributed by atoms with E-state index in [0.29, 0.717) is 62.7 Å². The predicted octanol–water partition coefficient (Wildman–Crippen LogP) is 4.31. The number of benzene rings is 2. The van der Waals surface area contributed by atoms with Crippen molar-refractivity contribution in [2.24, 2.45) is 0 Å². The second kappa shape index (κ2) is 13.4. The first kappa shape index (κ1) is 29.6. The highest BCUT2D eigenvalue weighted by Crippen LogP contribution is 2.45. The maximum absolute atomic E-state index is 13.9. The average molecular weight is 570 g/mol. The molecular weight excluding hydrogens is 533 g/mol. The molecule has 2 aliphatic rings. The Balaban J connectivity index is 1.30. The van der Waals surface area contributed by atoms with Crippen molar-refractivity contribution in [1.82, 2.24) is 14.9 Å². The van der Waals surface area contributed by atoms with E-state index in [9.17, 15) is 28.8 Å². The van der Waals surface area contributed by atoms with Crippen LogP contribution in [0.25, 0.3) is 0 Å². The van der Waals surface area contributed by atoms with Crippen LogP contribution in [-0.4, -0.2) is 69.9 Å². The molecule has 2 N–H and O–H groups in total. The van der Waals surface area contributed by atoms with Crippen molar-refractivity contribution in [2.45, 2.75) is 64.1 Å². The van der Waals surface area contributed by atoms with Gasteiger partial charge in [0.2, 0.25) is 5.91 Å². The zero-order chi connectivity index (χ0) is 28.7. The number of hydrogen-bond donors (Lipinski definition) is 2. The van der Waals surface area contributed by atoms with Gasteiger partial charge in [0.15, 0.2) is 0 Å². The molecule has 11 heteroatoms. The lowest BCUT2D eigenvalue weighted by atomic mass is 10.1. The highest BCUT2D eigenvalue weighted by Gasteiger charge is 2.38. The van der Waals surface area contributed by atoms with Crippen molar-refractivity contribution in [2.75, 3.05) is 19.3 Å².